The van der Waals surface area contributed by atoms with Crippen molar-refractivity contribution in [1.29, 1.82) is 0 Å². The van der Waals surface area contributed by atoms with Crippen LogP contribution in [0.5, 0.6) is 0 Å². The molecule has 1 aromatic carbocycles. The number of rotatable bonds is 3. The number of hydrogen-bond donors (Lipinski definition) is 1. The summed E-state index contributed by atoms with van der Waals surface area (Å²) in [6, 6.07) is 8.91. The summed E-state index contributed by atoms with van der Waals surface area (Å²) in [5, 5.41) is 12.6. The van der Waals surface area contributed by atoms with Gasteiger partial charge in [-0.3, -0.25) is 14.5 Å². The molecule has 0 fully saturated rings. The number of benzene rings is 1. The molecule has 136 valence electrons. The third-order valence-corrected chi connectivity index (χ3v) is 5.64. The number of aryl methyl sites for hydroxylation is 2. The first-order valence-corrected chi connectivity index (χ1v) is 9.43. The number of aliphatic hydroxyl groups is 1. The summed E-state index contributed by atoms with van der Waals surface area (Å²) < 4.78 is 0. The maximum absolute atomic E-state index is 13.1. The number of ketones is 1. The Morgan fingerprint density at radius 1 is 1.19 bits per heavy atom. The first-order chi connectivity index (χ1) is 12.1. The zero-order chi connectivity index (χ0) is 19.2. The summed E-state index contributed by atoms with van der Waals surface area (Å²) in [5.41, 5.74) is 2.17. The van der Waals surface area contributed by atoms with E-state index in [1.807, 2.05) is 49.6 Å². The van der Waals surface area contributed by atoms with E-state index in [1.165, 1.54) is 11.3 Å². The molecule has 2 heterocycles. The largest absolute Gasteiger partial charge is 0.503 e. The molecule has 1 unspecified atom stereocenters. The average molecular weight is 369 g/mol. The molecule has 2 aromatic rings. The third kappa shape index (κ3) is 2.97. The number of thiophene rings is 1. The van der Waals surface area contributed by atoms with Gasteiger partial charge in [-0.1, -0.05) is 32.9 Å². The summed E-state index contributed by atoms with van der Waals surface area (Å²) in [6.07, 6.45) is 0. The summed E-state index contributed by atoms with van der Waals surface area (Å²) in [4.78, 5) is 28.5. The fraction of sp³-hybridized carbons (Fsp3) is 0.333. The maximum Gasteiger partial charge on any atom is 0.294 e. The lowest BCUT2D eigenvalue weighted by molar-refractivity contribution is -0.123. The van der Waals surface area contributed by atoms with Gasteiger partial charge in [-0.15, -0.1) is 11.3 Å². The SMILES string of the molecule is Cc1cccc(N2C(=O)C(O)=C(C(=O)C(C)(C)C)C2c2sccc2C)c1. The maximum atomic E-state index is 13.1. The van der Waals surface area contributed by atoms with Crippen molar-refractivity contribution in [3.8, 4) is 0 Å². The van der Waals surface area contributed by atoms with Crippen molar-refractivity contribution in [1.82, 2.24) is 0 Å². The van der Waals surface area contributed by atoms with Crippen LogP contribution in [0.2, 0.25) is 0 Å². The second kappa shape index (κ2) is 6.40. The van der Waals surface area contributed by atoms with Gasteiger partial charge in [0.05, 0.1) is 5.57 Å². The molecule has 0 radical (unpaired) electrons. The molecule has 26 heavy (non-hydrogen) atoms. The standard InChI is InChI=1S/C21H23NO3S/c1-12-7-6-8-14(11-12)22-16(18-13(2)9-10-26-18)15(17(23)20(22)25)19(24)21(3,4)5/h6-11,16,23H,1-5H3. The van der Waals surface area contributed by atoms with Gasteiger partial charge in [0.15, 0.2) is 11.5 Å². The fourth-order valence-electron chi connectivity index (χ4n) is 3.20. The van der Waals surface area contributed by atoms with Crippen LogP contribution in [-0.2, 0) is 9.59 Å². The van der Waals surface area contributed by atoms with Crippen LogP contribution in [0.1, 0.15) is 42.8 Å². The van der Waals surface area contributed by atoms with Crippen LogP contribution >= 0.6 is 11.3 Å². The van der Waals surface area contributed by atoms with Crippen molar-refractivity contribution in [3.05, 3.63) is 63.0 Å². The van der Waals surface area contributed by atoms with Crippen LogP contribution in [0.15, 0.2) is 47.0 Å². The topological polar surface area (TPSA) is 57.6 Å². The molecule has 4 nitrogen and oxygen atoms in total. The normalized spacial score (nSPS) is 18.0. The Kier molecular flexibility index (Phi) is 4.53. The zero-order valence-electron chi connectivity index (χ0n) is 15.7. The predicted molar refractivity (Wildman–Crippen MR) is 105 cm³/mol. The van der Waals surface area contributed by atoms with Crippen LogP contribution in [-0.4, -0.2) is 16.8 Å². The monoisotopic (exact) mass is 369 g/mol. The number of nitrogens with zero attached hydrogens (tertiary/aromatic N) is 1. The molecular formula is C21H23NO3S. The Morgan fingerprint density at radius 3 is 2.42 bits per heavy atom. The Labute approximate surface area is 157 Å². The van der Waals surface area contributed by atoms with E-state index >= 15 is 0 Å². The number of amides is 1. The second-order valence-electron chi connectivity index (χ2n) is 7.73. The molecule has 0 aliphatic carbocycles. The van der Waals surface area contributed by atoms with Crippen molar-refractivity contribution in [3.63, 3.8) is 0 Å². The predicted octanol–water partition coefficient (Wildman–Crippen LogP) is 4.88. The zero-order valence-corrected chi connectivity index (χ0v) is 16.5. The van der Waals surface area contributed by atoms with Gasteiger partial charge in [0.25, 0.3) is 5.91 Å². The average Bonchev–Trinajstić information content (AvgIpc) is 3.08. The Balaban J connectivity index is 2.22. The van der Waals surface area contributed by atoms with E-state index in [1.54, 1.807) is 25.7 Å². The van der Waals surface area contributed by atoms with Gasteiger partial charge in [0.2, 0.25) is 0 Å². The van der Waals surface area contributed by atoms with Crippen molar-refractivity contribution < 1.29 is 14.7 Å². The van der Waals surface area contributed by atoms with Crippen molar-refractivity contribution in [2.45, 2.75) is 40.7 Å². The molecule has 0 spiro atoms. The molecule has 1 aliphatic rings. The van der Waals surface area contributed by atoms with E-state index in [-0.39, 0.29) is 11.4 Å². The van der Waals surface area contributed by atoms with Gasteiger partial charge in [0.1, 0.15) is 6.04 Å². The van der Waals surface area contributed by atoms with Crippen LogP contribution < -0.4 is 4.90 Å². The minimum absolute atomic E-state index is 0.189. The van der Waals surface area contributed by atoms with Gasteiger partial charge in [-0.2, -0.15) is 0 Å². The number of hydrogen-bond acceptors (Lipinski definition) is 4. The molecule has 3 rings (SSSR count). The molecular weight excluding hydrogens is 346 g/mol. The molecule has 0 saturated heterocycles. The summed E-state index contributed by atoms with van der Waals surface area (Å²) >= 11 is 1.49. The number of carbonyl (C=O) groups is 2. The lowest BCUT2D eigenvalue weighted by Gasteiger charge is -2.28. The van der Waals surface area contributed by atoms with Crippen LogP contribution in [0.3, 0.4) is 0 Å². The summed E-state index contributed by atoms with van der Waals surface area (Å²) in [6.45, 7) is 9.30. The highest BCUT2D eigenvalue weighted by molar-refractivity contribution is 7.10. The van der Waals surface area contributed by atoms with Crippen molar-refractivity contribution in [2.24, 2.45) is 5.41 Å². The highest BCUT2D eigenvalue weighted by Gasteiger charge is 2.47. The molecule has 1 atom stereocenters. The fourth-order valence-corrected chi connectivity index (χ4v) is 4.22. The van der Waals surface area contributed by atoms with Gasteiger partial charge in [-0.05, 0) is 48.6 Å². The molecule has 0 saturated carbocycles. The van der Waals surface area contributed by atoms with Gasteiger partial charge >= 0.3 is 0 Å². The molecule has 1 amide bonds. The van der Waals surface area contributed by atoms with Crippen LogP contribution in [0.25, 0.3) is 0 Å². The highest BCUT2D eigenvalue weighted by atomic mass is 32.1. The van der Waals surface area contributed by atoms with Crippen molar-refractivity contribution in [2.75, 3.05) is 4.90 Å². The van der Waals surface area contributed by atoms with Crippen LogP contribution in [0, 0.1) is 19.3 Å². The lowest BCUT2D eigenvalue weighted by Crippen LogP contribution is -2.32. The van der Waals surface area contributed by atoms with Gasteiger partial charge < -0.3 is 5.11 Å². The number of Topliss-reactive ketones (excluding diaryl/α,β-unsaturated/α-hetero) is 1. The minimum atomic E-state index is -0.699. The first kappa shape index (κ1) is 18.4. The van der Waals surface area contributed by atoms with E-state index in [4.69, 9.17) is 0 Å². The minimum Gasteiger partial charge on any atom is -0.503 e. The molecule has 0 bridgehead atoms. The quantitative estimate of drug-likeness (QED) is 0.839. The van der Waals surface area contributed by atoms with E-state index in [0.29, 0.717) is 5.69 Å². The van der Waals surface area contributed by atoms with Crippen molar-refractivity contribution >= 4 is 28.7 Å². The van der Waals surface area contributed by atoms with E-state index < -0.39 is 23.1 Å². The van der Waals surface area contributed by atoms with E-state index in [9.17, 15) is 14.7 Å². The lowest BCUT2D eigenvalue weighted by atomic mass is 9.83. The Hall–Kier alpha value is -2.40. The van der Waals surface area contributed by atoms with Gasteiger partial charge in [-0.25, -0.2) is 0 Å². The van der Waals surface area contributed by atoms with Crippen LogP contribution in [0.4, 0.5) is 5.69 Å². The molecule has 1 aromatic heterocycles. The number of carbonyl (C=O) groups excluding carboxylic acids is 2. The first-order valence-electron chi connectivity index (χ1n) is 8.55. The molecule has 1 N–H and O–H groups in total. The Bertz CT molecular complexity index is 917. The summed E-state index contributed by atoms with van der Waals surface area (Å²) in [5.74, 6) is -1.18. The summed E-state index contributed by atoms with van der Waals surface area (Å²) in [7, 11) is 0. The highest BCUT2D eigenvalue weighted by Crippen LogP contribution is 2.45. The number of anilines is 1. The smallest absolute Gasteiger partial charge is 0.294 e. The van der Waals surface area contributed by atoms with Gasteiger partial charge in [0, 0.05) is 16.0 Å². The third-order valence-electron chi connectivity index (χ3n) is 4.56. The second-order valence-corrected chi connectivity index (χ2v) is 8.67. The molecule has 1 aliphatic heterocycles. The van der Waals surface area contributed by atoms with E-state index in [0.717, 1.165) is 16.0 Å². The van der Waals surface area contributed by atoms with E-state index in [2.05, 4.69) is 0 Å². The number of aliphatic hydroxyl groups excluding tert-OH is 1. The molecule has 5 heteroatoms. The Morgan fingerprint density at radius 2 is 1.88 bits per heavy atom.